The molecule has 1 unspecified atom stereocenters. The van der Waals surface area contributed by atoms with E-state index in [1.807, 2.05) is 0 Å². The van der Waals surface area contributed by atoms with Crippen molar-refractivity contribution in [3.05, 3.63) is 0 Å². The molecule has 0 radical (unpaired) electrons. The zero-order valence-electron chi connectivity index (χ0n) is 11.8. The van der Waals surface area contributed by atoms with Crippen molar-refractivity contribution < 1.29 is 0 Å². The van der Waals surface area contributed by atoms with E-state index >= 15 is 0 Å². The molecule has 0 aromatic carbocycles. The van der Waals surface area contributed by atoms with Crippen LogP contribution < -0.4 is 10.6 Å². The van der Waals surface area contributed by atoms with Crippen molar-refractivity contribution in [2.75, 3.05) is 39.3 Å². The van der Waals surface area contributed by atoms with Gasteiger partial charge in [0.05, 0.1) is 0 Å². The Balaban J connectivity index is 1.86. The maximum atomic E-state index is 3.60. The fourth-order valence-corrected chi connectivity index (χ4v) is 2.54. The van der Waals surface area contributed by atoms with E-state index < -0.39 is 0 Å². The van der Waals surface area contributed by atoms with Crippen LogP contribution in [-0.4, -0.2) is 50.2 Å². The van der Waals surface area contributed by atoms with Crippen molar-refractivity contribution in [3.8, 4) is 0 Å². The molecule has 0 aromatic heterocycles. The number of rotatable bonds is 9. The van der Waals surface area contributed by atoms with Gasteiger partial charge in [0.25, 0.3) is 0 Å². The highest BCUT2D eigenvalue weighted by atomic mass is 15.1. The molecule has 0 spiro atoms. The molecule has 1 atom stereocenters. The highest BCUT2D eigenvalue weighted by Crippen LogP contribution is 2.08. The van der Waals surface area contributed by atoms with Crippen LogP contribution in [0.5, 0.6) is 0 Å². The van der Waals surface area contributed by atoms with Crippen LogP contribution in [0.2, 0.25) is 0 Å². The number of hydrogen-bond donors (Lipinski definition) is 2. The Morgan fingerprint density at radius 2 is 2.00 bits per heavy atom. The zero-order valence-corrected chi connectivity index (χ0v) is 11.8. The van der Waals surface area contributed by atoms with E-state index in [4.69, 9.17) is 0 Å². The van der Waals surface area contributed by atoms with Crippen LogP contribution in [0, 0.1) is 0 Å². The van der Waals surface area contributed by atoms with Gasteiger partial charge in [0.2, 0.25) is 0 Å². The van der Waals surface area contributed by atoms with Gasteiger partial charge in [-0.25, -0.2) is 0 Å². The molecule has 0 bridgehead atoms. The number of nitrogens with one attached hydrogen (secondary N) is 2. The normalized spacial score (nSPS) is 21.0. The van der Waals surface area contributed by atoms with Crippen molar-refractivity contribution >= 4 is 0 Å². The van der Waals surface area contributed by atoms with E-state index in [0.29, 0.717) is 0 Å². The van der Waals surface area contributed by atoms with Gasteiger partial charge in [-0.2, -0.15) is 0 Å². The average Bonchev–Trinajstić information content (AvgIpc) is 2.39. The molecule has 2 N–H and O–H groups in total. The Bertz CT molecular complexity index is 163. The van der Waals surface area contributed by atoms with Gasteiger partial charge >= 0.3 is 0 Å². The molecule has 17 heavy (non-hydrogen) atoms. The van der Waals surface area contributed by atoms with Gasteiger partial charge in [0.15, 0.2) is 0 Å². The minimum Gasteiger partial charge on any atom is -0.317 e. The SMILES string of the molecule is CCN(CC)CCCNCCC1CCCCN1. The molecule has 1 saturated heterocycles. The van der Waals surface area contributed by atoms with Crippen molar-refractivity contribution in [2.24, 2.45) is 0 Å². The molecule has 3 heteroatoms. The van der Waals surface area contributed by atoms with E-state index in [9.17, 15) is 0 Å². The van der Waals surface area contributed by atoms with Gasteiger partial charge in [-0.15, -0.1) is 0 Å². The zero-order chi connectivity index (χ0) is 12.3. The maximum Gasteiger partial charge on any atom is 0.00791 e. The standard InChI is InChI=1S/C14H31N3/c1-3-17(4-2)13-7-10-15-12-9-14-8-5-6-11-16-14/h14-16H,3-13H2,1-2H3. The minimum atomic E-state index is 0.777. The predicted molar refractivity (Wildman–Crippen MR) is 75.5 cm³/mol. The van der Waals surface area contributed by atoms with Crippen LogP contribution >= 0.6 is 0 Å². The average molecular weight is 241 g/mol. The Labute approximate surface area is 107 Å². The van der Waals surface area contributed by atoms with E-state index in [1.54, 1.807) is 0 Å². The van der Waals surface area contributed by atoms with Crippen LogP contribution in [-0.2, 0) is 0 Å². The van der Waals surface area contributed by atoms with Crippen LogP contribution in [0.4, 0.5) is 0 Å². The van der Waals surface area contributed by atoms with Gasteiger partial charge in [-0.3, -0.25) is 0 Å². The molecule has 1 fully saturated rings. The summed E-state index contributed by atoms with van der Waals surface area (Å²) in [5.74, 6) is 0. The smallest absolute Gasteiger partial charge is 0.00791 e. The molecule has 102 valence electrons. The van der Waals surface area contributed by atoms with Crippen molar-refractivity contribution in [2.45, 2.75) is 52.0 Å². The predicted octanol–water partition coefficient (Wildman–Crippen LogP) is 1.84. The first-order valence-electron chi connectivity index (χ1n) is 7.53. The van der Waals surface area contributed by atoms with Crippen molar-refractivity contribution in [3.63, 3.8) is 0 Å². The van der Waals surface area contributed by atoms with Gasteiger partial charge in [-0.05, 0) is 65.0 Å². The lowest BCUT2D eigenvalue weighted by Gasteiger charge is -2.23. The second kappa shape index (κ2) is 9.86. The molecule has 0 aliphatic carbocycles. The minimum absolute atomic E-state index is 0.777. The van der Waals surface area contributed by atoms with Gasteiger partial charge in [0.1, 0.15) is 0 Å². The van der Waals surface area contributed by atoms with E-state index in [2.05, 4.69) is 29.4 Å². The summed E-state index contributed by atoms with van der Waals surface area (Å²) in [6.45, 7) is 11.7. The molecule has 1 aliphatic heterocycles. The van der Waals surface area contributed by atoms with Gasteiger partial charge in [0, 0.05) is 6.04 Å². The summed E-state index contributed by atoms with van der Waals surface area (Å²) in [5.41, 5.74) is 0. The summed E-state index contributed by atoms with van der Waals surface area (Å²) in [7, 11) is 0. The van der Waals surface area contributed by atoms with E-state index in [0.717, 1.165) is 6.04 Å². The Morgan fingerprint density at radius 3 is 2.65 bits per heavy atom. The molecule has 1 aliphatic rings. The lowest BCUT2D eigenvalue weighted by atomic mass is 10.0. The second-order valence-corrected chi connectivity index (χ2v) is 5.07. The topological polar surface area (TPSA) is 27.3 Å². The fraction of sp³-hybridized carbons (Fsp3) is 1.00. The lowest BCUT2D eigenvalue weighted by molar-refractivity contribution is 0.297. The third-order valence-electron chi connectivity index (χ3n) is 3.80. The first-order valence-corrected chi connectivity index (χ1v) is 7.53. The Morgan fingerprint density at radius 1 is 1.18 bits per heavy atom. The number of nitrogens with zero attached hydrogens (tertiary/aromatic N) is 1. The maximum absolute atomic E-state index is 3.60. The summed E-state index contributed by atoms with van der Waals surface area (Å²) in [5, 5.41) is 7.17. The molecular weight excluding hydrogens is 210 g/mol. The molecule has 1 heterocycles. The van der Waals surface area contributed by atoms with Crippen LogP contribution in [0.15, 0.2) is 0 Å². The van der Waals surface area contributed by atoms with E-state index in [1.165, 1.54) is 71.4 Å². The summed E-state index contributed by atoms with van der Waals surface area (Å²) < 4.78 is 0. The van der Waals surface area contributed by atoms with E-state index in [-0.39, 0.29) is 0 Å². The molecule has 1 rings (SSSR count). The van der Waals surface area contributed by atoms with Crippen LogP contribution in [0.25, 0.3) is 0 Å². The molecule has 0 saturated carbocycles. The highest BCUT2D eigenvalue weighted by molar-refractivity contribution is 4.72. The molecule has 0 amide bonds. The Hall–Kier alpha value is -0.120. The summed E-state index contributed by atoms with van der Waals surface area (Å²) in [4.78, 5) is 2.49. The summed E-state index contributed by atoms with van der Waals surface area (Å²) in [6, 6.07) is 0.777. The monoisotopic (exact) mass is 241 g/mol. The van der Waals surface area contributed by atoms with Crippen molar-refractivity contribution in [1.82, 2.24) is 15.5 Å². The summed E-state index contributed by atoms with van der Waals surface area (Å²) in [6.07, 6.45) is 6.74. The van der Waals surface area contributed by atoms with Crippen LogP contribution in [0.3, 0.4) is 0 Å². The first-order chi connectivity index (χ1) is 8.36. The van der Waals surface area contributed by atoms with Crippen molar-refractivity contribution in [1.29, 1.82) is 0 Å². The quantitative estimate of drug-likeness (QED) is 0.603. The fourth-order valence-electron chi connectivity index (χ4n) is 2.54. The molecule has 0 aromatic rings. The number of piperidine rings is 1. The van der Waals surface area contributed by atoms with Gasteiger partial charge < -0.3 is 15.5 Å². The van der Waals surface area contributed by atoms with Crippen LogP contribution in [0.1, 0.15) is 46.0 Å². The molecular formula is C14H31N3. The third kappa shape index (κ3) is 7.02. The highest BCUT2D eigenvalue weighted by Gasteiger charge is 2.11. The Kier molecular flexibility index (Phi) is 8.67. The van der Waals surface area contributed by atoms with Gasteiger partial charge in [-0.1, -0.05) is 20.3 Å². The second-order valence-electron chi connectivity index (χ2n) is 5.07. The molecule has 3 nitrogen and oxygen atoms in total. The first kappa shape index (κ1) is 14.9. The lowest BCUT2D eigenvalue weighted by Crippen LogP contribution is -2.36. The third-order valence-corrected chi connectivity index (χ3v) is 3.80. The largest absolute Gasteiger partial charge is 0.317 e. The number of hydrogen-bond acceptors (Lipinski definition) is 3. The summed E-state index contributed by atoms with van der Waals surface area (Å²) >= 11 is 0.